The topological polar surface area (TPSA) is 104 Å². The van der Waals surface area contributed by atoms with Crippen molar-refractivity contribution < 1.29 is 21.6 Å². The van der Waals surface area contributed by atoms with E-state index in [2.05, 4.69) is 5.32 Å². The number of amides is 1. The Kier molecular flexibility index (Phi) is 7.49. The van der Waals surface area contributed by atoms with Gasteiger partial charge >= 0.3 is 0 Å². The molecule has 1 fully saturated rings. The van der Waals surface area contributed by atoms with Crippen LogP contribution < -0.4 is 9.62 Å². The minimum absolute atomic E-state index is 0.157. The predicted molar refractivity (Wildman–Crippen MR) is 126 cm³/mol. The molecule has 0 aromatic heterocycles. The molecule has 11 heteroatoms. The van der Waals surface area contributed by atoms with Crippen molar-refractivity contribution in [1.82, 2.24) is 4.31 Å². The van der Waals surface area contributed by atoms with Gasteiger partial charge in [0.1, 0.15) is 6.54 Å². The maximum atomic E-state index is 12.7. The van der Waals surface area contributed by atoms with Gasteiger partial charge in [-0.2, -0.15) is 4.31 Å². The van der Waals surface area contributed by atoms with E-state index in [1.54, 1.807) is 19.1 Å². The number of piperidine rings is 1. The van der Waals surface area contributed by atoms with Crippen LogP contribution >= 0.6 is 11.6 Å². The molecule has 0 saturated carbocycles. The Morgan fingerprint density at radius 2 is 1.66 bits per heavy atom. The number of benzene rings is 2. The van der Waals surface area contributed by atoms with Crippen molar-refractivity contribution in [2.75, 3.05) is 35.5 Å². The van der Waals surface area contributed by atoms with Crippen molar-refractivity contribution in [2.24, 2.45) is 0 Å². The first-order valence-electron chi connectivity index (χ1n) is 10.1. The van der Waals surface area contributed by atoms with Gasteiger partial charge in [-0.15, -0.1) is 0 Å². The second kappa shape index (κ2) is 9.78. The Morgan fingerprint density at radius 3 is 2.22 bits per heavy atom. The zero-order valence-corrected chi connectivity index (χ0v) is 20.3. The van der Waals surface area contributed by atoms with Crippen molar-refractivity contribution in [3.63, 3.8) is 0 Å². The summed E-state index contributed by atoms with van der Waals surface area (Å²) in [5.41, 5.74) is 1.43. The maximum absolute atomic E-state index is 12.7. The summed E-state index contributed by atoms with van der Waals surface area (Å²) in [6.07, 6.45) is 3.72. The number of nitrogens with one attached hydrogen (secondary N) is 1. The number of aryl methyl sites for hydroxylation is 1. The van der Waals surface area contributed by atoms with E-state index in [-0.39, 0.29) is 10.6 Å². The van der Waals surface area contributed by atoms with Crippen LogP contribution in [0.2, 0.25) is 5.02 Å². The summed E-state index contributed by atoms with van der Waals surface area (Å²) in [7, 11) is -7.31. The van der Waals surface area contributed by atoms with Gasteiger partial charge in [0, 0.05) is 23.8 Å². The zero-order valence-electron chi connectivity index (χ0n) is 17.9. The molecule has 1 saturated heterocycles. The van der Waals surface area contributed by atoms with Crippen molar-refractivity contribution in [1.29, 1.82) is 0 Å². The van der Waals surface area contributed by atoms with E-state index in [1.165, 1.54) is 34.6 Å². The smallest absolute Gasteiger partial charge is 0.245 e. The van der Waals surface area contributed by atoms with E-state index in [0.29, 0.717) is 23.8 Å². The third kappa shape index (κ3) is 5.80. The number of anilines is 2. The lowest BCUT2D eigenvalue weighted by Crippen LogP contribution is -2.37. The highest BCUT2D eigenvalue weighted by atomic mass is 35.5. The van der Waals surface area contributed by atoms with Crippen molar-refractivity contribution in [3.8, 4) is 0 Å². The van der Waals surface area contributed by atoms with Crippen LogP contribution in [0, 0.1) is 6.92 Å². The van der Waals surface area contributed by atoms with Gasteiger partial charge in [0.25, 0.3) is 0 Å². The molecule has 1 heterocycles. The first-order valence-corrected chi connectivity index (χ1v) is 13.8. The van der Waals surface area contributed by atoms with Gasteiger partial charge in [-0.3, -0.25) is 9.10 Å². The molecule has 1 amide bonds. The lowest BCUT2D eigenvalue weighted by atomic mass is 10.2. The second-order valence-electron chi connectivity index (χ2n) is 7.74. The molecule has 0 unspecified atom stereocenters. The first kappa shape index (κ1) is 24.5. The van der Waals surface area contributed by atoms with Gasteiger partial charge in [-0.25, -0.2) is 16.8 Å². The number of sulfonamides is 2. The van der Waals surface area contributed by atoms with Crippen LogP contribution in [0.15, 0.2) is 47.4 Å². The van der Waals surface area contributed by atoms with Crippen LogP contribution in [0.25, 0.3) is 0 Å². The molecule has 1 N–H and O–H groups in total. The Labute approximate surface area is 194 Å². The van der Waals surface area contributed by atoms with E-state index in [4.69, 9.17) is 11.6 Å². The summed E-state index contributed by atoms with van der Waals surface area (Å²) in [5, 5.41) is 3.00. The molecule has 2 aromatic carbocycles. The summed E-state index contributed by atoms with van der Waals surface area (Å²) >= 11 is 6.11. The molecule has 1 aliphatic rings. The van der Waals surface area contributed by atoms with Gasteiger partial charge in [0.15, 0.2) is 0 Å². The van der Waals surface area contributed by atoms with Gasteiger partial charge in [0.2, 0.25) is 26.0 Å². The molecule has 8 nitrogen and oxygen atoms in total. The number of hydrogen-bond acceptors (Lipinski definition) is 5. The summed E-state index contributed by atoms with van der Waals surface area (Å²) in [6.45, 7) is 2.35. The largest absolute Gasteiger partial charge is 0.325 e. The Bertz CT molecular complexity index is 1190. The highest BCUT2D eigenvalue weighted by molar-refractivity contribution is 7.92. The molecule has 0 spiro atoms. The minimum Gasteiger partial charge on any atom is -0.325 e. The van der Waals surface area contributed by atoms with Crippen LogP contribution in [0.3, 0.4) is 0 Å². The molecule has 174 valence electrons. The highest BCUT2D eigenvalue weighted by Gasteiger charge is 2.26. The number of rotatable bonds is 7. The van der Waals surface area contributed by atoms with Crippen LogP contribution in [0.5, 0.6) is 0 Å². The number of hydrogen-bond donors (Lipinski definition) is 1. The molecule has 0 atom stereocenters. The number of halogens is 1. The monoisotopic (exact) mass is 499 g/mol. The summed E-state index contributed by atoms with van der Waals surface area (Å²) < 4.78 is 52.4. The molecular weight excluding hydrogens is 474 g/mol. The van der Waals surface area contributed by atoms with Gasteiger partial charge in [0.05, 0.1) is 16.8 Å². The number of carbonyl (C=O) groups is 1. The van der Waals surface area contributed by atoms with Gasteiger partial charge in [-0.1, -0.05) is 24.1 Å². The molecule has 0 aliphatic carbocycles. The Balaban J connectivity index is 1.72. The average molecular weight is 500 g/mol. The molecule has 1 aliphatic heterocycles. The molecule has 0 bridgehead atoms. The molecule has 3 rings (SSSR count). The van der Waals surface area contributed by atoms with E-state index in [9.17, 15) is 21.6 Å². The van der Waals surface area contributed by atoms with Crippen LogP contribution in [0.4, 0.5) is 11.4 Å². The molecule has 0 radical (unpaired) electrons. The van der Waals surface area contributed by atoms with E-state index >= 15 is 0 Å². The quantitative estimate of drug-likeness (QED) is 0.629. The number of nitrogens with zero attached hydrogens (tertiary/aromatic N) is 2. The molecule has 2 aromatic rings. The lowest BCUT2D eigenvalue weighted by molar-refractivity contribution is -0.114. The number of carbonyl (C=O) groups excluding carboxylic acids is 1. The van der Waals surface area contributed by atoms with Crippen molar-refractivity contribution in [2.45, 2.75) is 31.1 Å². The van der Waals surface area contributed by atoms with Crippen LogP contribution in [-0.4, -0.2) is 52.9 Å². The Morgan fingerprint density at radius 1 is 1.03 bits per heavy atom. The first-order chi connectivity index (χ1) is 15.0. The zero-order chi connectivity index (χ0) is 23.5. The summed E-state index contributed by atoms with van der Waals surface area (Å²) in [4.78, 5) is 12.7. The van der Waals surface area contributed by atoms with Crippen molar-refractivity contribution >= 4 is 48.9 Å². The molecule has 32 heavy (non-hydrogen) atoms. The second-order valence-corrected chi connectivity index (χ2v) is 12.0. The average Bonchev–Trinajstić information content (AvgIpc) is 2.74. The third-order valence-corrected chi connectivity index (χ3v) is 8.68. The third-order valence-electron chi connectivity index (χ3n) is 5.22. The molecular formula is C21H26ClN3O5S2. The fourth-order valence-corrected chi connectivity index (χ4v) is 5.97. The predicted octanol–water partition coefficient (Wildman–Crippen LogP) is 3.23. The summed E-state index contributed by atoms with van der Waals surface area (Å²) in [5.74, 6) is -0.571. The van der Waals surface area contributed by atoms with Crippen LogP contribution in [0.1, 0.15) is 24.8 Å². The minimum atomic E-state index is -3.74. The van der Waals surface area contributed by atoms with Crippen LogP contribution in [-0.2, 0) is 24.8 Å². The van der Waals surface area contributed by atoms with E-state index in [0.717, 1.165) is 35.4 Å². The SMILES string of the molecule is Cc1ccc(N(CC(=O)Nc2ccc(S(=O)(=O)N3CCCCC3)cc2)S(C)(=O)=O)cc1Cl. The maximum Gasteiger partial charge on any atom is 0.245 e. The standard InChI is InChI=1S/C21H26ClN3O5S2/c1-16-6-9-18(14-20(16)22)25(31(2,27)28)15-21(26)23-17-7-10-19(11-8-17)32(29,30)24-12-4-3-5-13-24/h6-11,14H,3-5,12-13,15H2,1-2H3,(H,23,26). The highest BCUT2D eigenvalue weighted by Crippen LogP contribution is 2.25. The fraction of sp³-hybridized carbons (Fsp3) is 0.381. The fourth-order valence-electron chi connectivity index (χ4n) is 3.43. The van der Waals surface area contributed by atoms with E-state index in [1.807, 2.05) is 0 Å². The summed E-state index contributed by atoms with van der Waals surface area (Å²) in [6, 6.07) is 10.6. The van der Waals surface area contributed by atoms with Gasteiger partial charge < -0.3 is 5.32 Å². The van der Waals surface area contributed by atoms with E-state index < -0.39 is 32.5 Å². The normalized spacial score (nSPS) is 15.3. The van der Waals surface area contributed by atoms with Crippen molar-refractivity contribution in [3.05, 3.63) is 53.1 Å². The Hall–Kier alpha value is -2.14. The lowest BCUT2D eigenvalue weighted by Gasteiger charge is -2.26. The van der Waals surface area contributed by atoms with Gasteiger partial charge in [-0.05, 0) is 61.7 Å².